The van der Waals surface area contributed by atoms with E-state index in [0.29, 0.717) is 8.78 Å². The normalized spacial score (nSPS) is 15.8. The van der Waals surface area contributed by atoms with Crippen LogP contribution in [0.3, 0.4) is 0 Å². The minimum Gasteiger partial charge on any atom is -0.493 e. The van der Waals surface area contributed by atoms with Crippen LogP contribution in [0.5, 0.6) is 5.75 Å². The van der Waals surface area contributed by atoms with Gasteiger partial charge in [-0.05, 0) is 17.7 Å². The Morgan fingerprint density at radius 3 is 2.58 bits per heavy atom. The summed E-state index contributed by atoms with van der Waals surface area (Å²) in [4.78, 5) is 0. The molecule has 1 aliphatic rings. The molecule has 0 saturated heterocycles. The molecule has 0 fully saturated rings. The van der Waals surface area contributed by atoms with E-state index in [1.807, 2.05) is 35.1 Å². The van der Waals surface area contributed by atoms with Crippen molar-refractivity contribution in [3.05, 3.63) is 70.4 Å². The number of benzene rings is 2. The Kier molecular flexibility index (Phi) is 4.37. The first-order valence-electron chi connectivity index (χ1n) is 6.75. The molecular weight excluding hydrogens is 403 g/mol. The Morgan fingerprint density at radius 1 is 1.25 bits per heavy atom. The third kappa shape index (κ3) is 3.31. The average Bonchev–Trinajstić information content (AvgIpc) is 2.78. The molecule has 1 heterocycles. The van der Waals surface area contributed by atoms with Crippen LogP contribution in [0.2, 0.25) is 0 Å². The van der Waals surface area contributed by atoms with Crippen molar-refractivity contribution in [2.24, 2.45) is 0 Å². The van der Waals surface area contributed by atoms with Crippen molar-refractivity contribution >= 4 is 31.8 Å². The van der Waals surface area contributed by atoms with Crippen molar-refractivity contribution in [3.8, 4) is 5.75 Å². The van der Waals surface area contributed by atoms with Crippen LogP contribution in [0.25, 0.3) is 0 Å². The number of hydrogen-bond donors (Lipinski definition) is 2. The van der Waals surface area contributed by atoms with Gasteiger partial charge in [0, 0.05) is 4.47 Å². The van der Waals surface area contributed by atoms with Crippen LogP contribution in [0.4, 0.5) is 10.1 Å². The molecule has 126 valence electrons. The van der Waals surface area contributed by atoms with E-state index in [0.717, 1.165) is 17.8 Å². The van der Waals surface area contributed by atoms with Crippen LogP contribution in [-0.2, 0) is 16.8 Å². The molecule has 0 atom stereocenters. The standard InChI is InChI=1S/C15H12BrFN2O4S/c16-11-6-12(17)15(19-8-14(20)18-24(19,21)22)13(7-11)23-9-10-4-2-1-3-5-10/h1-8,18,20H,9H2. The second-order valence-corrected chi connectivity index (χ2v) is 7.39. The van der Waals surface area contributed by atoms with E-state index in [4.69, 9.17) is 4.74 Å². The summed E-state index contributed by atoms with van der Waals surface area (Å²) in [6.07, 6.45) is 0.872. The summed E-state index contributed by atoms with van der Waals surface area (Å²) in [5.74, 6) is -1.41. The van der Waals surface area contributed by atoms with Gasteiger partial charge in [-0.25, -0.2) is 13.4 Å². The van der Waals surface area contributed by atoms with E-state index >= 15 is 0 Å². The summed E-state index contributed by atoms with van der Waals surface area (Å²) in [5, 5.41) is 9.40. The van der Waals surface area contributed by atoms with Crippen LogP contribution in [0.1, 0.15) is 5.56 Å². The maximum Gasteiger partial charge on any atom is 0.330 e. The monoisotopic (exact) mass is 414 g/mol. The van der Waals surface area contributed by atoms with E-state index in [1.54, 1.807) is 0 Å². The molecule has 0 unspecified atom stereocenters. The SMILES string of the molecule is O=S1(=O)NC(O)=CN1c1c(F)cc(Br)cc1OCc1ccccc1. The van der Waals surface area contributed by atoms with E-state index in [2.05, 4.69) is 15.9 Å². The topological polar surface area (TPSA) is 78.9 Å². The number of anilines is 1. The Bertz CT molecular complexity index is 903. The summed E-state index contributed by atoms with van der Waals surface area (Å²) >= 11 is 3.15. The third-order valence-electron chi connectivity index (χ3n) is 3.18. The molecule has 24 heavy (non-hydrogen) atoms. The van der Waals surface area contributed by atoms with Gasteiger partial charge in [0.05, 0.1) is 6.20 Å². The van der Waals surface area contributed by atoms with Gasteiger partial charge in [0.2, 0.25) is 5.88 Å². The van der Waals surface area contributed by atoms with Gasteiger partial charge in [-0.2, -0.15) is 8.42 Å². The van der Waals surface area contributed by atoms with Gasteiger partial charge in [-0.15, -0.1) is 0 Å². The van der Waals surface area contributed by atoms with Crippen LogP contribution in [0.15, 0.2) is 59.0 Å². The van der Waals surface area contributed by atoms with E-state index < -0.39 is 21.9 Å². The molecule has 0 aliphatic carbocycles. The van der Waals surface area contributed by atoms with Crippen LogP contribution in [-0.4, -0.2) is 13.5 Å². The summed E-state index contributed by atoms with van der Waals surface area (Å²) in [6.45, 7) is 0.126. The van der Waals surface area contributed by atoms with E-state index in [9.17, 15) is 17.9 Å². The number of halogens is 2. The largest absolute Gasteiger partial charge is 0.493 e. The fourth-order valence-electron chi connectivity index (χ4n) is 2.17. The quantitative estimate of drug-likeness (QED) is 0.804. The number of rotatable bonds is 4. The Hall–Kier alpha value is -2.26. The van der Waals surface area contributed by atoms with E-state index in [-0.39, 0.29) is 18.0 Å². The average molecular weight is 415 g/mol. The number of nitrogens with one attached hydrogen (secondary N) is 1. The van der Waals surface area contributed by atoms with Gasteiger partial charge >= 0.3 is 10.2 Å². The molecule has 0 bridgehead atoms. The first-order chi connectivity index (χ1) is 11.4. The lowest BCUT2D eigenvalue weighted by atomic mass is 10.2. The zero-order chi connectivity index (χ0) is 17.3. The minimum atomic E-state index is -4.12. The van der Waals surface area contributed by atoms with Crippen molar-refractivity contribution < 1.29 is 22.7 Å². The number of ether oxygens (including phenoxy) is 1. The molecule has 0 aromatic heterocycles. The van der Waals surface area contributed by atoms with Gasteiger partial charge in [-0.3, -0.25) is 0 Å². The van der Waals surface area contributed by atoms with E-state index in [1.165, 1.54) is 6.07 Å². The highest BCUT2D eigenvalue weighted by Crippen LogP contribution is 2.38. The number of aliphatic hydroxyl groups excluding tert-OH is 1. The van der Waals surface area contributed by atoms with Crippen molar-refractivity contribution in [1.82, 2.24) is 4.72 Å². The van der Waals surface area contributed by atoms with Crippen LogP contribution >= 0.6 is 15.9 Å². The maximum atomic E-state index is 14.4. The van der Waals surface area contributed by atoms with Gasteiger partial charge in [-0.1, -0.05) is 46.3 Å². The van der Waals surface area contributed by atoms with Crippen molar-refractivity contribution in [1.29, 1.82) is 0 Å². The molecule has 9 heteroatoms. The molecule has 0 spiro atoms. The number of hydrogen-bond acceptors (Lipinski definition) is 4. The minimum absolute atomic E-state index is 0.0158. The summed E-state index contributed by atoms with van der Waals surface area (Å²) in [5.41, 5.74) is 0.523. The molecule has 3 rings (SSSR count). The molecule has 1 aliphatic heterocycles. The molecule has 2 aromatic carbocycles. The zero-order valence-electron chi connectivity index (χ0n) is 12.1. The highest BCUT2D eigenvalue weighted by molar-refractivity contribution is 9.10. The molecule has 2 N–H and O–H groups in total. The predicted octanol–water partition coefficient (Wildman–Crippen LogP) is 3.18. The first kappa shape index (κ1) is 16.6. The highest BCUT2D eigenvalue weighted by Gasteiger charge is 2.33. The van der Waals surface area contributed by atoms with Crippen LogP contribution < -0.4 is 13.8 Å². The molecule has 0 saturated carbocycles. The Morgan fingerprint density at radius 2 is 1.96 bits per heavy atom. The highest BCUT2D eigenvalue weighted by atomic mass is 79.9. The van der Waals surface area contributed by atoms with Gasteiger partial charge < -0.3 is 9.84 Å². The fraction of sp³-hybridized carbons (Fsp3) is 0.0667. The lowest BCUT2D eigenvalue weighted by molar-refractivity contribution is 0.306. The third-order valence-corrected chi connectivity index (χ3v) is 4.91. The second-order valence-electron chi connectivity index (χ2n) is 4.93. The second kappa shape index (κ2) is 6.33. The van der Waals surface area contributed by atoms with Crippen molar-refractivity contribution in [2.75, 3.05) is 4.31 Å². The summed E-state index contributed by atoms with van der Waals surface area (Å²) < 4.78 is 46.9. The van der Waals surface area contributed by atoms with Gasteiger partial charge in [0.15, 0.2) is 5.82 Å². The van der Waals surface area contributed by atoms with Crippen molar-refractivity contribution in [2.45, 2.75) is 6.61 Å². The number of nitrogens with zero attached hydrogens (tertiary/aromatic N) is 1. The Labute approximate surface area is 146 Å². The maximum absolute atomic E-state index is 14.4. The molecule has 0 amide bonds. The van der Waals surface area contributed by atoms with Gasteiger partial charge in [0.25, 0.3) is 0 Å². The lowest BCUT2D eigenvalue weighted by Crippen LogP contribution is -2.30. The Balaban J connectivity index is 2.00. The molecule has 2 aromatic rings. The summed E-state index contributed by atoms with van der Waals surface area (Å²) in [6, 6.07) is 11.7. The molecule has 6 nitrogen and oxygen atoms in total. The fourth-order valence-corrected chi connectivity index (χ4v) is 3.65. The smallest absolute Gasteiger partial charge is 0.330 e. The number of aliphatic hydroxyl groups is 1. The zero-order valence-corrected chi connectivity index (χ0v) is 14.5. The first-order valence-corrected chi connectivity index (χ1v) is 8.99. The van der Waals surface area contributed by atoms with Crippen molar-refractivity contribution in [3.63, 3.8) is 0 Å². The molecule has 0 radical (unpaired) electrons. The molecular formula is C15H12BrFN2O4S. The predicted molar refractivity (Wildman–Crippen MR) is 90.1 cm³/mol. The lowest BCUT2D eigenvalue weighted by Gasteiger charge is -2.19. The summed E-state index contributed by atoms with van der Waals surface area (Å²) in [7, 11) is -4.12. The van der Waals surface area contributed by atoms with Crippen LogP contribution in [0, 0.1) is 5.82 Å². The van der Waals surface area contributed by atoms with Gasteiger partial charge in [0.1, 0.15) is 18.0 Å².